The third-order valence-electron chi connectivity index (χ3n) is 5.64. The molecule has 0 saturated heterocycles. The van der Waals surface area contributed by atoms with Crippen molar-refractivity contribution in [1.29, 1.82) is 0 Å². The Morgan fingerprint density at radius 2 is 1.61 bits per heavy atom. The van der Waals surface area contributed by atoms with Gasteiger partial charge in [-0.3, -0.25) is 9.59 Å². The smallest absolute Gasteiger partial charge is 0.309 e. The van der Waals surface area contributed by atoms with Gasteiger partial charge in [0, 0.05) is 18.7 Å². The number of carbonyl (C=O) groups is 2. The van der Waals surface area contributed by atoms with Crippen molar-refractivity contribution in [3.8, 4) is 23.0 Å². The van der Waals surface area contributed by atoms with Crippen LogP contribution in [0, 0.1) is 5.92 Å². The summed E-state index contributed by atoms with van der Waals surface area (Å²) in [5.74, 6) is -0.675. The number of benzene rings is 2. The number of methoxy groups -OCH3 is 1. The summed E-state index contributed by atoms with van der Waals surface area (Å²) in [6, 6.07) is 19.9. The van der Waals surface area contributed by atoms with Crippen LogP contribution in [-0.2, 0) is 9.53 Å². The SMILES string of the molecule is CC[C@H](CC(=O)c1nccc(OC)c1O)C(=O)O[C@@H](C)[C@@H](COc1ccccc1)Oc1ccccc1. The van der Waals surface area contributed by atoms with Crippen LogP contribution in [-0.4, -0.2) is 47.8 Å². The number of Topliss-reactive ketones (excluding diaryl/α,β-unsaturated/α-hetero) is 1. The zero-order chi connectivity index (χ0) is 25.9. The number of aromatic nitrogens is 1. The molecule has 3 rings (SSSR count). The van der Waals surface area contributed by atoms with Crippen LogP contribution in [0.4, 0.5) is 0 Å². The van der Waals surface area contributed by atoms with Gasteiger partial charge in [-0.2, -0.15) is 0 Å². The standard InChI is InChI=1S/C28H31NO7/c1-4-20(17-23(30)26-27(31)24(33-3)15-16-29-26)28(32)35-19(2)25(36-22-13-9-6-10-14-22)18-34-21-11-7-5-8-12-21/h5-16,19-20,25,31H,4,17-18H2,1-3H3/t19-,20+,25+/m0/s1. The molecule has 8 nitrogen and oxygen atoms in total. The lowest BCUT2D eigenvalue weighted by molar-refractivity contribution is -0.158. The van der Waals surface area contributed by atoms with Gasteiger partial charge < -0.3 is 24.1 Å². The summed E-state index contributed by atoms with van der Waals surface area (Å²) in [4.78, 5) is 29.8. The predicted octanol–water partition coefficient (Wildman–Crippen LogP) is 4.85. The summed E-state index contributed by atoms with van der Waals surface area (Å²) < 4.78 is 22.7. The van der Waals surface area contributed by atoms with E-state index in [4.69, 9.17) is 18.9 Å². The number of ether oxygens (including phenoxy) is 4. The van der Waals surface area contributed by atoms with Gasteiger partial charge in [-0.25, -0.2) is 4.98 Å². The normalized spacial score (nSPS) is 13.2. The fraction of sp³-hybridized carbons (Fsp3) is 0.321. The fourth-order valence-corrected chi connectivity index (χ4v) is 3.51. The molecule has 3 aromatic rings. The van der Waals surface area contributed by atoms with E-state index in [0.29, 0.717) is 17.9 Å². The zero-order valence-corrected chi connectivity index (χ0v) is 20.6. The summed E-state index contributed by atoms with van der Waals surface area (Å²) in [5, 5.41) is 10.2. The van der Waals surface area contributed by atoms with Crippen LogP contribution in [0.2, 0.25) is 0 Å². The molecular formula is C28H31NO7. The molecule has 190 valence electrons. The molecule has 2 aromatic carbocycles. The van der Waals surface area contributed by atoms with Crippen LogP contribution in [0.5, 0.6) is 23.0 Å². The second-order valence-electron chi connectivity index (χ2n) is 8.18. The Morgan fingerprint density at radius 3 is 2.22 bits per heavy atom. The first-order chi connectivity index (χ1) is 17.4. The Hall–Kier alpha value is -4.07. The first-order valence-electron chi connectivity index (χ1n) is 11.8. The lowest BCUT2D eigenvalue weighted by atomic mass is 9.97. The number of nitrogens with zero attached hydrogens (tertiary/aromatic N) is 1. The van der Waals surface area contributed by atoms with Gasteiger partial charge >= 0.3 is 5.97 Å². The molecule has 0 bridgehead atoms. The van der Waals surface area contributed by atoms with Crippen molar-refractivity contribution >= 4 is 11.8 Å². The summed E-state index contributed by atoms with van der Waals surface area (Å²) in [6.45, 7) is 3.66. The molecular weight excluding hydrogens is 462 g/mol. The molecule has 1 aromatic heterocycles. The number of aromatic hydroxyl groups is 1. The van der Waals surface area contributed by atoms with Gasteiger partial charge in [-0.05, 0) is 37.6 Å². The van der Waals surface area contributed by atoms with E-state index >= 15 is 0 Å². The second kappa shape index (κ2) is 13.1. The van der Waals surface area contributed by atoms with E-state index in [0.717, 1.165) is 0 Å². The third-order valence-corrected chi connectivity index (χ3v) is 5.64. The molecule has 0 spiro atoms. The number of para-hydroxylation sites is 2. The molecule has 0 aliphatic carbocycles. The maximum Gasteiger partial charge on any atom is 0.309 e. The molecule has 3 atom stereocenters. The average molecular weight is 494 g/mol. The highest BCUT2D eigenvalue weighted by Gasteiger charge is 2.30. The first kappa shape index (κ1) is 26.5. The number of esters is 1. The van der Waals surface area contributed by atoms with E-state index in [1.165, 1.54) is 19.4 Å². The third kappa shape index (κ3) is 7.21. The molecule has 0 unspecified atom stereocenters. The zero-order valence-electron chi connectivity index (χ0n) is 20.6. The summed E-state index contributed by atoms with van der Waals surface area (Å²) in [6.07, 6.45) is 0.293. The van der Waals surface area contributed by atoms with Gasteiger partial charge in [-0.1, -0.05) is 43.3 Å². The second-order valence-corrected chi connectivity index (χ2v) is 8.18. The van der Waals surface area contributed by atoms with Gasteiger partial charge in [0.15, 0.2) is 29.1 Å². The summed E-state index contributed by atoms with van der Waals surface area (Å²) in [5.41, 5.74) is -0.143. The minimum Gasteiger partial charge on any atom is -0.503 e. The number of hydrogen-bond donors (Lipinski definition) is 1. The van der Waals surface area contributed by atoms with Crippen molar-refractivity contribution in [2.24, 2.45) is 5.92 Å². The van der Waals surface area contributed by atoms with Crippen molar-refractivity contribution in [3.63, 3.8) is 0 Å². The molecule has 1 heterocycles. The maximum atomic E-state index is 13.0. The average Bonchev–Trinajstić information content (AvgIpc) is 2.90. The summed E-state index contributed by atoms with van der Waals surface area (Å²) in [7, 11) is 1.38. The lowest BCUT2D eigenvalue weighted by Crippen LogP contribution is -2.39. The first-order valence-corrected chi connectivity index (χ1v) is 11.8. The van der Waals surface area contributed by atoms with Gasteiger partial charge in [0.2, 0.25) is 0 Å². The van der Waals surface area contributed by atoms with E-state index in [-0.39, 0.29) is 30.2 Å². The molecule has 0 aliphatic rings. The highest BCUT2D eigenvalue weighted by atomic mass is 16.6. The van der Waals surface area contributed by atoms with Crippen LogP contribution < -0.4 is 14.2 Å². The minimum atomic E-state index is -0.722. The van der Waals surface area contributed by atoms with Crippen molar-refractivity contribution < 1.29 is 33.6 Å². The number of hydrogen-bond acceptors (Lipinski definition) is 8. The van der Waals surface area contributed by atoms with E-state index in [9.17, 15) is 14.7 Å². The van der Waals surface area contributed by atoms with Crippen LogP contribution in [0.25, 0.3) is 0 Å². The van der Waals surface area contributed by atoms with Crippen LogP contribution in [0.1, 0.15) is 37.2 Å². The molecule has 8 heteroatoms. The molecule has 1 N–H and O–H groups in total. The van der Waals surface area contributed by atoms with Gasteiger partial charge in [0.25, 0.3) is 0 Å². The van der Waals surface area contributed by atoms with Gasteiger partial charge in [0.05, 0.1) is 13.0 Å². The Bertz CT molecular complexity index is 1120. The number of ketones is 1. The molecule has 0 aliphatic heterocycles. The van der Waals surface area contributed by atoms with Crippen molar-refractivity contribution in [3.05, 3.63) is 78.6 Å². The number of pyridine rings is 1. The molecule has 0 saturated carbocycles. The predicted molar refractivity (Wildman–Crippen MR) is 134 cm³/mol. The Morgan fingerprint density at radius 1 is 0.972 bits per heavy atom. The van der Waals surface area contributed by atoms with Crippen molar-refractivity contribution in [2.75, 3.05) is 13.7 Å². The Balaban J connectivity index is 1.68. The van der Waals surface area contributed by atoms with Crippen molar-refractivity contribution in [1.82, 2.24) is 4.98 Å². The summed E-state index contributed by atoms with van der Waals surface area (Å²) >= 11 is 0. The minimum absolute atomic E-state index is 0.136. The van der Waals surface area contributed by atoms with E-state index in [1.807, 2.05) is 60.7 Å². The van der Waals surface area contributed by atoms with Crippen LogP contribution in [0.3, 0.4) is 0 Å². The van der Waals surface area contributed by atoms with Crippen LogP contribution in [0.15, 0.2) is 72.9 Å². The largest absolute Gasteiger partial charge is 0.503 e. The van der Waals surface area contributed by atoms with E-state index in [1.54, 1.807) is 13.8 Å². The molecule has 0 fully saturated rings. The molecule has 0 amide bonds. The van der Waals surface area contributed by atoms with Gasteiger partial charge in [0.1, 0.15) is 24.2 Å². The quantitative estimate of drug-likeness (QED) is 0.266. The monoisotopic (exact) mass is 493 g/mol. The van der Waals surface area contributed by atoms with Gasteiger partial charge in [-0.15, -0.1) is 0 Å². The van der Waals surface area contributed by atoms with Crippen molar-refractivity contribution in [2.45, 2.75) is 38.9 Å². The lowest BCUT2D eigenvalue weighted by Gasteiger charge is -2.26. The van der Waals surface area contributed by atoms with Crippen LogP contribution >= 0.6 is 0 Å². The Labute approximate surface area is 210 Å². The van der Waals surface area contributed by atoms with E-state index < -0.39 is 29.9 Å². The molecule has 36 heavy (non-hydrogen) atoms. The van der Waals surface area contributed by atoms with E-state index in [2.05, 4.69) is 4.98 Å². The highest BCUT2D eigenvalue weighted by molar-refractivity contribution is 5.99. The topological polar surface area (TPSA) is 104 Å². The Kier molecular flexibility index (Phi) is 9.68. The maximum absolute atomic E-state index is 13.0. The molecule has 0 radical (unpaired) electrons. The number of rotatable bonds is 13. The number of carbonyl (C=O) groups excluding carboxylic acids is 2. The highest BCUT2D eigenvalue weighted by Crippen LogP contribution is 2.29. The fourth-order valence-electron chi connectivity index (χ4n) is 3.51.